The topological polar surface area (TPSA) is 46.6 Å². The third kappa shape index (κ3) is 4.01. The molecule has 1 aromatic rings. The predicted octanol–water partition coefficient (Wildman–Crippen LogP) is 3.18. The second-order valence-electron chi connectivity index (χ2n) is 6.88. The molecule has 0 aromatic heterocycles. The van der Waals surface area contributed by atoms with Crippen molar-refractivity contribution < 1.29 is 13.7 Å². The van der Waals surface area contributed by atoms with Crippen molar-refractivity contribution >= 4 is 28.3 Å². The Bertz CT molecular complexity index is 615. The molecule has 1 saturated heterocycles. The largest absolute Gasteiger partial charge is 0.369 e. The summed E-state index contributed by atoms with van der Waals surface area (Å²) in [5.74, 6) is 1.02. The molecule has 2 fully saturated rings. The lowest BCUT2D eigenvalue weighted by Crippen LogP contribution is -2.52. The minimum Gasteiger partial charge on any atom is -0.369 e. The molecule has 3 rings (SSSR count). The highest BCUT2D eigenvalue weighted by Crippen LogP contribution is 2.40. The molecule has 0 radical (unpaired) electrons. The average Bonchev–Trinajstić information content (AvgIpc) is 3.38. The first-order chi connectivity index (χ1) is 11.5. The molecule has 0 bridgehead atoms. The van der Waals surface area contributed by atoms with Gasteiger partial charge in [-0.3, -0.25) is 9.00 Å². The highest BCUT2D eigenvalue weighted by atomic mass is 35.5. The molecular formula is C18H24ClNO3S. The summed E-state index contributed by atoms with van der Waals surface area (Å²) >= 11 is 5.99. The molecule has 2 aliphatic rings. The van der Waals surface area contributed by atoms with E-state index in [4.69, 9.17) is 16.3 Å². The van der Waals surface area contributed by atoms with Crippen LogP contribution in [0.15, 0.2) is 24.3 Å². The van der Waals surface area contributed by atoms with Crippen LogP contribution >= 0.6 is 11.6 Å². The molecule has 0 spiro atoms. The van der Waals surface area contributed by atoms with E-state index in [0.717, 1.165) is 18.4 Å². The maximum absolute atomic E-state index is 12.6. The van der Waals surface area contributed by atoms with Gasteiger partial charge in [0.05, 0.1) is 12.6 Å². The fraction of sp³-hybridized carbons (Fsp3) is 0.611. The van der Waals surface area contributed by atoms with Crippen molar-refractivity contribution in [3.05, 3.63) is 34.9 Å². The van der Waals surface area contributed by atoms with E-state index < -0.39 is 10.8 Å². The smallest absolute Gasteiger partial charge is 0.249 e. The van der Waals surface area contributed by atoms with Crippen molar-refractivity contribution in [2.45, 2.75) is 44.0 Å². The molecule has 1 saturated carbocycles. The number of hydrogen-bond acceptors (Lipinski definition) is 3. The predicted molar refractivity (Wildman–Crippen MR) is 96.5 cm³/mol. The number of rotatable bonds is 6. The van der Waals surface area contributed by atoms with Gasteiger partial charge in [-0.05, 0) is 36.5 Å². The number of morpholine rings is 1. The molecule has 1 aliphatic heterocycles. The summed E-state index contributed by atoms with van der Waals surface area (Å²) in [6.45, 7) is 4.53. The summed E-state index contributed by atoms with van der Waals surface area (Å²) in [5.41, 5.74) is 1.02. The van der Waals surface area contributed by atoms with Gasteiger partial charge in [-0.2, -0.15) is 0 Å². The lowest BCUT2D eigenvalue weighted by molar-refractivity contribution is -0.152. The van der Waals surface area contributed by atoms with Crippen LogP contribution in [0, 0.1) is 5.92 Å². The maximum Gasteiger partial charge on any atom is 0.249 e. The SMILES string of the molecule is CC(C)S(=O)CC(C1CC1)N1C(=O)COCC1c1ccc(Cl)cc1. The van der Waals surface area contributed by atoms with E-state index >= 15 is 0 Å². The molecule has 3 atom stereocenters. The zero-order chi connectivity index (χ0) is 17.3. The fourth-order valence-corrected chi connectivity index (χ4v) is 4.51. The Morgan fingerprint density at radius 2 is 1.96 bits per heavy atom. The normalized spacial score (nSPS) is 24.2. The van der Waals surface area contributed by atoms with Crippen LogP contribution < -0.4 is 0 Å². The summed E-state index contributed by atoms with van der Waals surface area (Å²) < 4.78 is 18.0. The first kappa shape index (κ1) is 17.9. The molecule has 4 nitrogen and oxygen atoms in total. The highest BCUT2D eigenvalue weighted by Gasteiger charge is 2.43. The van der Waals surface area contributed by atoms with Gasteiger partial charge in [-0.25, -0.2) is 0 Å². The van der Waals surface area contributed by atoms with Crippen LogP contribution in [0.2, 0.25) is 5.02 Å². The van der Waals surface area contributed by atoms with Gasteiger partial charge in [-0.15, -0.1) is 0 Å². The maximum atomic E-state index is 12.6. The van der Waals surface area contributed by atoms with E-state index in [0.29, 0.717) is 23.3 Å². The van der Waals surface area contributed by atoms with E-state index in [2.05, 4.69) is 0 Å². The van der Waals surface area contributed by atoms with Gasteiger partial charge < -0.3 is 9.64 Å². The lowest BCUT2D eigenvalue weighted by Gasteiger charge is -2.41. The monoisotopic (exact) mass is 369 g/mol. The Morgan fingerprint density at radius 1 is 1.29 bits per heavy atom. The van der Waals surface area contributed by atoms with Crippen molar-refractivity contribution in [1.82, 2.24) is 4.90 Å². The van der Waals surface area contributed by atoms with Gasteiger partial charge in [-0.1, -0.05) is 37.6 Å². The molecule has 1 aliphatic carbocycles. The van der Waals surface area contributed by atoms with Crippen LogP contribution in [-0.4, -0.2) is 45.3 Å². The van der Waals surface area contributed by atoms with Crippen LogP contribution in [-0.2, 0) is 20.3 Å². The molecule has 132 valence electrons. The van der Waals surface area contributed by atoms with Crippen molar-refractivity contribution in [3.63, 3.8) is 0 Å². The Hall–Kier alpha value is -0.910. The zero-order valence-corrected chi connectivity index (χ0v) is 15.7. The van der Waals surface area contributed by atoms with Gasteiger partial charge >= 0.3 is 0 Å². The molecule has 3 unspecified atom stereocenters. The summed E-state index contributed by atoms with van der Waals surface area (Å²) in [6, 6.07) is 7.49. The van der Waals surface area contributed by atoms with Gasteiger partial charge in [0.2, 0.25) is 5.91 Å². The van der Waals surface area contributed by atoms with Crippen LogP contribution in [0.1, 0.15) is 38.3 Å². The number of carbonyl (C=O) groups is 1. The van der Waals surface area contributed by atoms with E-state index in [-0.39, 0.29) is 29.8 Å². The second-order valence-corrected chi connectivity index (χ2v) is 9.36. The number of halogens is 1. The summed E-state index contributed by atoms with van der Waals surface area (Å²) in [6.07, 6.45) is 2.22. The van der Waals surface area contributed by atoms with Gasteiger partial charge in [0, 0.05) is 32.9 Å². The van der Waals surface area contributed by atoms with E-state index in [1.165, 1.54) is 0 Å². The Morgan fingerprint density at radius 3 is 2.54 bits per heavy atom. The number of hydrogen-bond donors (Lipinski definition) is 0. The van der Waals surface area contributed by atoms with Crippen LogP contribution in [0.5, 0.6) is 0 Å². The molecule has 6 heteroatoms. The van der Waals surface area contributed by atoms with Gasteiger partial charge in [0.25, 0.3) is 0 Å². The van der Waals surface area contributed by atoms with Crippen molar-refractivity contribution in [2.24, 2.45) is 5.92 Å². The standard InChI is InChI=1S/C18H24ClNO3S/c1-12(2)24(22)11-17(14-3-4-14)20-16(9-23-10-18(20)21)13-5-7-15(19)8-6-13/h5-8,12,14,16-17H,3-4,9-11H2,1-2H3. The van der Waals surface area contributed by atoms with Crippen LogP contribution in [0.4, 0.5) is 0 Å². The van der Waals surface area contributed by atoms with Crippen molar-refractivity contribution in [1.29, 1.82) is 0 Å². The van der Waals surface area contributed by atoms with E-state index in [1.54, 1.807) is 0 Å². The third-order valence-electron chi connectivity index (χ3n) is 4.76. The van der Waals surface area contributed by atoms with Crippen molar-refractivity contribution in [2.75, 3.05) is 19.0 Å². The number of ether oxygens (including phenoxy) is 1. The quantitative estimate of drug-likeness (QED) is 0.773. The Labute approximate surface area is 151 Å². The average molecular weight is 370 g/mol. The zero-order valence-electron chi connectivity index (χ0n) is 14.1. The van der Waals surface area contributed by atoms with E-state index in [1.807, 2.05) is 43.0 Å². The number of benzene rings is 1. The van der Waals surface area contributed by atoms with Crippen LogP contribution in [0.25, 0.3) is 0 Å². The summed E-state index contributed by atoms with van der Waals surface area (Å²) in [7, 11) is -0.930. The first-order valence-corrected chi connectivity index (χ1v) is 10.2. The van der Waals surface area contributed by atoms with Gasteiger partial charge in [0.15, 0.2) is 0 Å². The lowest BCUT2D eigenvalue weighted by atomic mass is 10.0. The summed E-state index contributed by atoms with van der Waals surface area (Å²) in [5, 5.41) is 0.782. The molecule has 0 N–H and O–H groups in total. The second kappa shape index (κ2) is 7.54. The Kier molecular flexibility index (Phi) is 5.63. The molecule has 1 aromatic carbocycles. The number of nitrogens with zero attached hydrogens (tertiary/aromatic N) is 1. The fourth-order valence-electron chi connectivity index (χ4n) is 3.23. The van der Waals surface area contributed by atoms with Crippen molar-refractivity contribution in [3.8, 4) is 0 Å². The molecular weight excluding hydrogens is 346 g/mol. The van der Waals surface area contributed by atoms with Gasteiger partial charge in [0.1, 0.15) is 6.61 Å². The number of amides is 1. The third-order valence-corrected chi connectivity index (χ3v) is 6.74. The minimum atomic E-state index is -0.930. The molecule has 1 heterocycles. The first-order valence-electron chi connectivity index (χ1n) is 8.49. The Balaban J connectivity index is 1.88. The van der Waals surface area contributed by atoms with E-state index in [9.17, 15) is 9.00 Å². The summed E-state index contributed by atoms with van der Waals surface area (Å²) in [4.78, 5) is 14.6. The highest BCUT2D eigenvalue weighted by molar-refractivity contribution is 7.85. The minimum absolute atomic E-state index is 0.00106. The molecule has 1 amide bonds. The molecule has 24 heavy (non-hydrogen) atoms. The van der Waals surface area contributed by atoms with Crippen LogP contribution in [0.3, 0.4) is 0 Å². The number of carbonyl (C=O) groups excluding carboxylic acids is 1.